The maximum absolute atomic E-state index is 10.3. The molecule has 1 heterocycles. The van der Waals surface area contributed by atoms with Crippen molar-refractivity contribution in [2.45, 2.75) is 13.6 Å². The zero-order valence-corrected chi connectivity index (χ0v) is 17.3. The van der Waals surface area contributed by atoms with Crippen LogP contribution in [0.1, 0.15) is 6.92 Å². The van der Waals surface area contributed by atoms with E-state index in [9.17, 15) is 5.11 Å². The minimum absolute atomic E-state index is 0.0574. The summed E-state index contributed by atoms with van der Waals surface area (Å²) in [5.74, 6) is 0.329. The highest BCUT2D eigenvalue weighted by molar-refractivity contribution is 9.11. The smallest absolute Gasteiger partial charge is 0.289 e. The number of aromatic nitrogens is 2. The van der Waals surface area contributed by atoms with Gasteiger partial charge in [-0.05, 0) is 59.3 Å². The lowest BCUT2D eigenvalue weighted by atomic mass is 10.2. The van der Waals surface area contributed by atoms with Crippen molar-refractivity contribution in [2.24, 2.45) is 0 Å². The highest BCUT2D eigenvalue weighted by atomic mass is 79.9. The second-order valence-corrected chi connectivity index (χ2v) is 7.41. The van der Waals surface area contributed by atoms with Crippen LogP contribution in [0.25, 0.3) is 11.5 Å². The fourth-order valence-corrected chi connectivity index (χ4v) is 3.80. The molecule has 0 spiro atoms. The van der Waals surface area contributed by atoms with Gasteiger partial charge < -0.3 is 14.4 Å². The standard InChI is InChI=1S/C17H15Br2N3O2S/c1-2-21(12-6-4-3-5-7-12)10-22-17(25)24-16(20-22)13-8-11(18)9-14(19)15(13)23/h3-9,23H,2,10H2,1H3. The first kappa shape index (κ1) is 18.2. The number of hydrogen-bond acceptors (Lipinski definition) is 5. The van der Waals surface area contributed by atoms with Crippen LogP contribution in [0.4, 0.5) is 5.69 Å². The van der Waals surface area contributed by atoms with Gasteiger partial charge in [-0.1, -0.05) is 34.1 Å². The van der Waals surface area contributed by atoms with E-state index in [2.05, 4.69) is 48.8 Å². The maximum Gasteiger partial charge on any atom is 0.289 e. The molecule has 3 aromatic rings. The molecule has 0 atom stereocenters. The Hall–Kier alpha value is -1.64. The molecule has 130 valence electrons. The van der Waals surface area contributed by atoms with Gasteiger partial charge >= 0.3 is 0 Å². The van der Waals surface area contributed by atoms with Gasteiger partial charge in [0, 0.05) is 16.7 Å². The van der Waals surface area contributed by atoms with Crippen LogP contribution in [0.3, 0.4) is 0 Å². The number of para-hydroxylation sites is 1. The second kappa shape index (κ2) is 7.72. The number of hydrogen-bond donors (Lipinski definition) is 1. The van der Waals surface area contributed by atoms with E-state index in [1.807, 2.05) is 30.3 Å². The fraction of sp³-hybridized carbons (Fsp3) is 0.176. The van der Waals surface area contributed by atoms with E-state index in [-0.39, 0.29) is 16.5 Å². The Labute approximate surface area is 167 Å². The largest absolute Gasteiger partial charge is 0.506 e. The van der Waals surface area contributed by atoms with Gasteiger partial charge in [0.25, 0.3) is 10.7 Å². The number of halogens is 2. The molecular formula is C17H15Br2N3O2S. The van der Waals surface area contributed by atoms with Gasteiger partial charge in [0.15, 0.2) is 0 Å². The third kappa shape index (κ3) is 3.96. The molecule has 0 fully saturated rings. The molecule has 0 saturated heterocycles. The summed E-state index contributed by atoms with van der Waals surface area (Å²) < 4.78 is 8.56. The molecule has 5 nitrogen and oxygen atoms in total. The number of nitrogens with zero attached hydrogens (tertiary/aromatic N) is 3. The lowest BCUT2D eigenvalue weighted by Gasteiger charge is -2.22. The first-order valence-corrected chi connectivity index (χ1v) is 9.55. The Morgan fingerprint density at radius 3 is 2.64 bits per heavy atom. The average molecular weight is 485 g/mol. The highest BCUT2D eigenvalue weighted by Gasteiger charge is 2.17. The van der Waals surface area contributed by atoms with Crippen LogP contribution in [-0.4, -0.2) is 21.4 Å². The lowest BCUT2D eigenvalue weighted by Crippen LogP contribution is -2.26. The minimum Gasteiger partial charge on any atom is -0.506 e. The van der Waals surface area contributed by atoms with E-state index in [1.54, 1.807) is 16.8 Å². The average Bonchev–Trinajstić information content (AvgIpc) is 2.97. The Kier molecular flexibility index (Phi) is 5.61. The lowest BCUT2D eigenvalue weighted by molar-refractivity contribution is 0.467. The van der Waals surface area contributed by atoms with Crippen molar-refractivity contribution in [3.05, 3.63) is 56.2 Å². The topological polar surface area (TPSA) is 54.4 Å². The summed E-state index contributed by atoms with van der Waals surface area (Å²) in [6.45, 7) is 3.31. The number of phenols is 1. The van der Waals surface area contributed by atoms with Gasteiger partial charge in [0.05, 0.1) is 10.0 Å². The van der Waals surface area contributed by atoms with E-state index in [1.165, 1.54) is 0 Å². The van der Waals surface area contributed by atoms with Crippen molar-refractivity contribution >= 4 is 49.8 Å². The molecule has 0 unspecified atom stereocenters. The minimum atomic E-state index is 0.0574. The number of anilines is 1. The van der Waals surface area contributed by atoms with Crippen molar-refractivity contribution in [1.29, 1.82) is 0 Å². The maximum atomic E-state index is 10.3. The summed E-state index contributed by atoms with van der Waals surface area (Å²) in [5.41, 5.74) is 1.54. The number of phenolic OH excluding ortho intramolecular Hbond substituents is 1. The summed E-state index contributed by atoms with van der Waals surface area (Å²) >= 11 is 12.0. The van der Waals surface area contributed by atoms with Crippen LogP contribution in [0.15, 0.2) is 55.8 Å². The predicted octanol–water partition coefficient (Wildman–Crippen LogP) is 5.59. The molecule has 2 aromatic carbocycles. The van der Waals surface area contributed by atoms with Gasteiger partial charge in [-0.25, -0.2) is 4.68 Å². The van der Waals surface area contributed by atoms with Crippen molar-refractivity contribution in [3.63, 3.8) is 0 Å². The molecule has 1 aromatic heterocycles. The van der Waals surface area contributed by atoms with Crippen molar-refractivity contribution < 1.29 is 9.52 Å². The molecule has 0 aliphatic heterocycles. The SMILES string of the molecule is CCN(Cn1nc(-c2cc(Br)cc(Br)c2O)oc1=S)c1ccccc1. The quantitative estimate of drug-likeness (QED) is 0.478. The molecule has 25 heavy (non-hydrogen) atoms. The Bertz CT molecular complexity index is 941. The van der Waals surface area contributed by atoms with Crippen LogP contribution < -0.4 is 4.90 Å². The van der Waals surface area contributed by atoms with E-state index >= 15 is 0 Å². The van der Waals surface area contributed by atoms with Crippen LogP contribution in [0.5, 0.6) is 5.75 Å². The molecule has 8 heteroatoms. The van der Waals surface area contributed by atoms with Crippen LogP contribution in [-0.2, 0) is 6.67 Å². The van der Waals surface area contributed by atoms with E-state index in [4.69, 9.17) is 16.6 Å². The van der Waals surface area contributed by atoms with E-state index in [0.717, 1.165) is 16.7 Å². The molecular weight excluding hydrogens is 470 g/mol. The normalized spacial score (nSPS) is 10.8. The number of rotatable bonds is 5. The summed E-state index contributed by atoms with van der Waals surface area (Å²) in [6.07, 6.45) is 0. The Balaban J connectivity index is 1.95. The summed E-state index contributed by atoms with van der Waals surface area (Å²) in [5, 5.41) is 14.7. The fourth-order valence-electron chi connectivity index (χ4n) is 2.40. The van der Waals surface area contributed by atoms with Crippen molar-refractivity contribution in [2.75, 3.05) is 11.4 Å². The second-order valence-electron chi connectivity index (χ2n) is 5.29. The zero-order chi connectivity index (χ0) is 18.0. The number of aromatic hydroxyl groups is 1. The molecule has 0 bridgehead atoms. The van der Waals surface area contributed by atoms with Gasteiger partial charge in [-0.3, -0.25) is 0 Å². The third-order valence-corrected chi connectivity index (χ3v) is 5.03. The monoisotopic (exact) mass is 483 g/mol. The highest BCUT2D eigenvalue weighted by Crippen LogP contribution is 2.37. The van der Waals surface area contributed by atoms with E-state index < -0.39 is 0 Å². The first-order valence-electron chi connectivity index (χ1n) is 7.56. The van der Waals surface area contributed by atoms with Crippen LogP contribution in [0, 0.1) is 4.84 Å². The van der Waals surface area contributed by atoms with Crippen molar-refractivity contribution in [1.82, 2.24) is 9.78 Å². The predicted molar refractivity (Wildman–Crippen MR) is 107 cm³/mol. The van der Waals surface area contributed by atoms with Gasteiger partial charge in [-0.2, -0.15) is 0 Å². The molecule has 0 aliphatic rings. The molecule has 1 N–H and O–H groups in total. The van der Waals surface area contributed by atoms with E-state index in [0.29, 0.717) is 16.7 Å². The van der Waals surface area contributed by atoms with Gasteiger partial charge in [0.2, 0.25) is 0 Å². The molecule has 0 amide bonds. The Morgan fingerprint density at radius 2 is 1.96 bits per heavy atom. The zero-order valence-electron chi connectivity index (χ0n) is 13.3. The molecule has 0 radical (unpaired) electrons. The molecule has 0 aliphatic carbocycles. The summed E-state index contributed by atoms with van der Waals surface area (Å²) in [7, 11) is 0. The van der Waals surface area contributed by atoms with Gasteiger partial charge in [0.1, 0.15) is 12.4 Å². The van der Waals surface area contributed by atoms with Crippen LogP contribution >= 0.6 is 44.1 Å². The summed E-state index contributed by atoms with van der Waals surface area (Å²) in [6, 6.07) is 13.5. The molecule has 3 rings (SSSR count). The van der Waals surface area contributed by atoms with Crippen LogP contribution in [0.2, 0.25) is 0 Å². The van der Waals surface area contributed by atoms with Gasteiger partial charge in [-0.15, -0.1) is 5.10 Å². The number of benzene rings is 2. The Morgan fingerprint density at radius 1 is 1.24 bits per heavy atom. The summed E-state index contributed by atoms with van der Waals surface area (Å²) in [4.78, 5) is 2.37. The first-order chi connectivity index (χ1) is 12.0. The molecule has 0 saturated carbocycles. The van der Waals surface area contributed by atoms with Crippen molar-refractivity contribution in [3.8, 4) is 17.2 Å². The third-order valence-electron chi connectivity index (χ3n) is 3.67.